The molecule has 4 heterocycles. The molecule has 4 amide bonds. The average molecular weight is 1200 g/mol. The van der Waals surface area contributed by atoms with Gasteiger partial charge in [0.05, 0.1) is 35.8 Å². The van der Waals surface area contributed by atoms with E-state index in [0.717, 1.165) is 51.1 Å². The van der Waals surface area contributed by atoms with Crippen LogP contribution in [0.25, 0.3) is 11.3 Å². The molecule has 454 valence electrons. The lowest BCUT2D eigenvalue weighted by Crippen LogP contribution is -2.63. The number of alkyl halides is 11. The normalized spacial score (nSPS) is 17.0. The summed E-state index contributed by atoms with van der Waals surface area (Å²) in [5, 5.41) is 41.7. The van der Waals surface area contributed by atoms with E-state index >= 15 is 8.78 Å². The molecule has 8 N–H and O–H groups in total. The first-order valence-corrected chi connectivity index (χ1v) is 24.6. The van der Waals surface area contributed by atoms with Crippen LogP contribution in [-0.2, 0) is 32.1 Å². The molecular formula is C51H55F13N10O9. The zero-order valence-corrected chi connectivity index (χ0v) is 44.3. The maximum absolute atomic E-state index is 15.9. The molecule has 2 aliphatic heterocycles. The summed E-state index contributed by atoms with van der Waals surface area (Å²) in [7, 11) is 0.810. The van der Waals surface area contributed by atoms with Crippen molar-refractivity contribution in [3.05, 3.63) is 101 Å². The maximum Gasteiger partial charge on any atom is 0.490 e. The minimum atomic E-state index is -5.28. The molecule has 2 fully saturated rings. The molecule has 0 saturated carbocycles. The molecule has 83 heavy (non-hydrogen) atoms. The number of carboxylic acid groups (broad SMARTS) is 2. The number of fused-ring (bicyclic) bond motifs is 2. The number of methoxy groups -OCH3 is 1. The minimum absolute atomic E-state index is 0.187. The third-order valence-electron chi connectivity index (χ3n) is 13.5. The number of nitrogens with one attached hydrogen (secondary N) is 5. The summed E-state index contributed by atoms with van der Waals surface area (Å²) in [6.07, 6.45) is -17.2. The summed E-state index contributed by atoms with van der Waals surface area (Å²) in [6.45, 7) is -1.72. The molecule has 2 bridgehead atoms. The molecule has 0 spiro atoms. The number of nitrogens with zero attached hydrogens (tertiary/aromatic N) is 5. The van der Waals surface area contributed by atoms with E-state index < -0.39 is 127 Å². The Balaban J connectivity index is 0.00000169. The van der Waals surface area contributed by atoms with Gasteiger partial charge in [-0.2, -0.15) is 53.4 Å². The topological polar surface area (TPSA) is 253 Å². The number of piperazine rings is 1. The molecule has 32 heteroatoms. The average Bonchev–Trinajstić information content (AvgIpc) is 3.81. The molecule has 2 aromatic carbocycles. The Morgan fingerprint density at radius 2 is 1.31 bits per heavy atom. The van der Waals surface area contributed by atoms with Crippen LogP contribution in [0.4, 0.5) is 72.5 Å². The second-order valence-corrected chi connectivity index (χ2v) is 20.2. The summed E-state index contributed by atoms with van der Waals surface area (Å²) in [6, 6.07) is 5.79. The first-order valence-electron chi connectivity index (χ1n) is 24.6. The molecule has 6 rings (SSSR count). The van der Waals surface area contributed by atoms with Gasteiger partial charge in [0.1, 0.15) is 29.5 Å². The zero-order chi connectivity index (χ0) is 62.2. The van der Waals surface area contributed by atoms with E-state index in [4.69, 9.17) is 9.90 Å². The molecule has 19 nitrogen and oxygen atoms in total. The van der Waals surface area contributed by atoms with Crippen molar-refractivity contribution in [1.29, 1.82) is 0 Å². The number of anilines is 1. The minimum Gasteiger partial charge on any atom is -0.475 e. The number of aliphatic hydroxyl groups is 1. The SMILES string of the molecule is COC(=O)NC(C(=O)NC(Cc1ccc(C#Cc2ccc(N3CC4CCC(C3)N4)nc2)cc1)C(O)CN(Cc1c(F)cc(-c2ccn(C(F)F)n2)cc1F)NC(=O)C(NC(=O)O)C(C)(C)C(F)(F)F)C(C)(C)C(F)(F)F.O=C(O)C(F)(F)F. The number of hydrogen-bond acceptors (Lipinski definition) is 12. The fourth-order valence-electron chi connectivity index (χ4n) is 8.49. The van der Waals surface area contributed by atoms with E-state index in [1.54, 1.807) is 6.20 Å². The number of alkyl carbamates (subject to hydrolysis) is 1. The number of aromatic nitrogens is 3. The fourth-order valence-corrected chi connectivity index (χ4v) is 8.49. The number of hydrogen-bond donors (Lipinski definition) is 8. The number of aliphatic hydroxyl groups excluding tert-OH is 1. The fraction of sp³-hybridized carbons (Fsp3) is 0.471. The molecule has 2 aromatic heterocycles. The number of carbonyl (C=O) groups is 5. The lowest BCUT2D eigenvalue weighted by Gasteiger charge is -2.38. The number of benzene rings is 2. The van der Waals surface area contributed by atoms with Gasteiger partial charge in [-0.15, -0.1) is 0 Å². The lowest BCUT2D eigenvalue weighted by molar-refractivity contribution is -0.221. The Labute approximate surface area is 463 Å². The summed E-state index contributed by atoms with van der Waals surface area (Å²) in [4.78, 5) is 67.6. The van der Waals surface area contributed by atoms with Gasteiger partial charge in [0.2, 0.25) is 5.91 Å². The Hall–Kier alpha value is -7.92. The van der Waals surface area contributed by atoms with E-state index in [1.807, 2.05) is 22.9 Å². The summed E-state index contributed by atoms with van der Waals surface area (Å²) >= 11 is 0. The van der Waals surface area contributed by atoms with Crippen molar-refractivity contribution in [2.24, 2.45) is 10.8 Å². The summed E-state index contributed by atoms with van der Waals surface area (Å²) < 4.78 is 181. The highest BCUT2D eigenvalue weighted by Gasteiger charge is 2.57. The van der Waals surface area contributed by atoms with E-state index in [-0.39, 0.29) is 21.5 Å². The molecule has 2 aliphatic rings. The van der Waals surface area contributed by atoms with Gasteiger partial charge in [0.15, 0.2) is 0 Å². The first-order chi connectivity index (χ1) is 38.4. The summed E-state index contributed by atoms with van der Waals surface area (Å²) in [5.41, 5.74) is -4.67. The van der Waals surface area contributed by atoms with E-state index in [0.29, 0.717) is 68.0 Å². The Bertz CT molecular complexity index is 2970. The molecule has 0 radical (unpaired) electrons. The van der Waals surface area contributed by atoms with Gasteiger partial charge in [0, 0.05) is 72.9 Å². The number of amides is 4. The van der Waals surface area contributed by atoms with Crippen LogP contribution in [0.15, 0.2) is 67.0 Å². The van der Waals surface area contributed by atoms with Crippen LogP contribution >= 0.6 is 0 Å². The highest BCUT2D eigenvalue weighted by atomic mass is 19.4. The van der Waals surface area contributed by atoms with Crippen LogP contribution in [0.2, 0.25) is 0 Å². The van der Waals surface area contributed by atoms with Gasteiger partial charge in [0.25, 0.3) is 5.91 Å². The number of rotatable bonds is 18. The van der Waals surface area contributed by atoms with Crippen molar-refractivity contribution < 1.29 is 101 Å². The molecular weight excluding hydrogens is 1140 g/mol. The van der Waals surface area contributed by atoms with Crippen molar-refractivity contribution in [3.63, 3.8) is 0 Å². The standard InChI is InChI=1S/C49H54F10N10O7.C2HF3O2/c1-46(2,48(54,55)56)39(64-45(75)76-5)41(71)62-36(18-27-9-6-26(7-10-27)8-11-28-12-15-38(60-21-28)67-22-30-13-14-31(23-67)61-30)37(70)25-68(66-42(72)40(63-44(73)74)47(3,4)49(57,58)59)24-32-33(50)19-29(20-34(32)51)35-16-17-69(65-35)43(52)53;3-2(4,5)1(6)7/h6-7,9-10,12,15-17,19-21,30-31,36-37,39-40,43,61,63,70H,13-14,18,22-25H2,1-5H3,(H,62,71)(H,64,75)(H,66,72)(H,73,74);(H,6,7). The number of aliphatic carboxylic acids is 1. The van der Waals surface area contributed by atoms with Gasteiger partial charge in [-0.05, 0) is 95.0 Å². The Kier molecular flexibility index (Phi) is 21.1. The summed E-state index contributed by atoms with van der Waals surface area (Å²) in [5.74, 6) is -2.20. The number of carbonyl (C=O) groups excluding carboxylic acids is 3. The first kappa shape index (κ1) is 65.9. The van der Waals surface area contributed by atoms with Crippen LogP contribution in [-0.4, -0.2) is 147 Å². The Morgan fingerprint density at radius 1 is 0.783 bits per heavy atom. The van der Waals surface area contributed by atoms with Gasteiger partial charge < -0.3 is 46.2 Å². The van der Waals surface area contributed by atoms with Gasteiger partial charge in [-0.1, -0.05) is 24.0 Å². The number of hydrazine groups is 1. The molecule has 6 atom stereocenters. The van der Waals surface area contributed by atoms with E-state index in [9.17, 15) is 77.7 Å². The predicted octanol–water partition coefficient (Wildman–Crippen LogP) is 7.05. The predicted molar refractivity (Wildman–Crippen MR) is 265 cm³/mol. The van der Waals surface area contributed by atoms with Crippen molar-refractivity contribution >= 4 is 35.8 Å². The second kappa shape index (κ2) is 26.5. The number of carboxylic acids is 1. The third-order valence-corrected chi connectivity index (χ3v) is 13.5. The molecule has 0 aliphatic carbocycles. The van der Waals surface area contributed by atoms with Crippen molar-refractivity contribution in [2.45, 2.75) is 115 Å². The monoisotopic (exact) mass is 1200 g/mol. The number of pyridine rings is 1. The van der Waals surface area contributed by atoms with Gasteiger partial charge in [-0.25, -0.2) is 37.8 Å². The van der Waals surface area contributed by atoms with E-state index in [1.165, 1.54) is 29.6 Å². The second-order valence-electron chi connectivity index (χ2n) is 20.2. The molecule has 2 saturated heterocycles. The highest BCUT2D eigenvalue weighted by molar-refractivity contribution is 5.87. The lowest BCUT2D eigenvalue weighted by atomic mass is 9.82. The highest BCUT2D eigenvalue weighted by Crippen LogP contribution is 2.42. The largest absolute Gasteiger partial charge is 0.490 e. The maximum atomic E-state index is 15.9. The van der Waals surface area contributed by atoms with Crippen LogP contribution in [0.1, 0.15) is 69.3 Å². The molecule has 4 aromatic rings. The van der Waals surface area contributed by atoms with E-state index in [2.05, 4.69) is 42.2 Å². The number of ether oxygens (including phenoxy) is 1. The molecule has 6 unspecified atom stereocenters. The number of halogens is 13. The smallest absolute Gasteiger partial charge is 0.475 e. The van der Waals surface area contributed by atoms with Crippen molar-refractivity contribution in [2.75, 3.05) is 31.6 Å². The van der Waals surface area contributed by atoms with Crippen LogP contribution < -0.4 is 31.6 Å². The van der Waals surface area contributed by atoms with Crippen molar-refractivity contribution in [3.8, 4) is 23.1 Å². The van der Waals surface area contributed by atoms with Gasteiger partial charge >= 0.3 is 43.2 Å². The zero-order valence-electron chi connectivity index (χ0n) is 44.3. The third kappa shape index (κ3) is 17.3. The van der Waals surface area contributed by atoms with Crippen LogP contribution in [0.3, 0.4) is 0 Å². The van der Waals surface area contributed by atoms with Crippen LogP contribution in [0, 0.1) is 34.3 Å². The van der Waals surface area contributed by atoms with Crippen molar-refractivity contribution in [1.82, 2.24) is 46.5 Å². The van der Waals surface area contributed by atoms with Gasteiger partial charge in [-0.3, -0.25) is 15.0 Å². The quantitative estimate of drug-likeness (QED) is 0.0283. The van der Waals surface area contributed by atoms with Crippen LogP contribution in [0.5, 0.6) is 0 Å². The Morgan fingerprint density at radius 3 is 1.78 bits per heavy atom.